The lowest BCUT2D eigenvalue weighted by Gasteiger charge is -2.09. The monoisotopic (exact) mass is 267 g/mol. The molecule has 0 bridgehead atoms. The number of benzene rings is 1. The third kappa shape index (κ3) is 5.87. The van der Waals surface area contributed by atoms with E-state index < -0.39 is 18.2 Å². The maximum Gasteiger partial charge on any atom is 0.407 e. The minimum atomic E-state index is -1.24. The summed E-state index contributed by atoms with van der Waals surface area (Å²) in [5.41, 5.74) is 0.882. The fourth-order valence-corrected chi connectivity index (χ4v) is 1.34. The van der Waals surface area contributed by atoms with Gasteiger partial charge < -0.3 is 19.9 Å². The van der Waals surface area contributed by atoms with Crippen molar-refractivity contribution in [3.63, 3.8) is 0 Å². The molecular weight excluding hydrogens is 250 g/mol. The fraction of sp³-hybridized carbons (Fsp3) is 0.385. The Morgan fingerprint density at radius 1 is 1.32 bits per heavy atom. The molecule has 2 N–H and O–H groups in total. The van der Waals surface area contributed by atoms with Crippen LogP contribution >= 0.6 is 0 Å². The highest BCUT2D eigenvalue weighted by atomic mass is 16.5. The lowest BCUT2D eigenvalue weighted by atomic mass is 10.2. The van der Waals surface area contributed by atoms with E-state index in [4.69, 9.17) is 4.74 Å². The number of amides is 1. The summed E-state index contributed by atoms with van der Waals surface area (Å²) in [5, 5.41) is 11.7. The van der Waals surface area contributed by atoms with Gasteiger partial charge in [0.05, 0.1) is 7.11 Å². The summed E-state index contributed by atoms with van der Waals surface area (Å²) >= 11 is 0. The second-order valence-corrected chi connectivity index (χ2v) is 3.82. The number of aliphatic hydroxyl groups is 1. The van der Waals surface area contributed by atoms with Gasteiger partial charge in [0.1, 0.15) is 6.61 Å². The van der Waals surface area contributed by atoms with Crippen LogP contribution in [0.15, 0.2) is 30.3 Å². The van der Waals surface area contributed by atoms with Gasteiger partial charge in [-0.15, -0.1) is 0 Å². The normalized spacial score (nSPS) is 11.5. The number of ether oxygens (including phenoxy) is 2. The number of carbonyl (C=O) groups excluding carboxylic acids is 2. The summed E-state index contributed by atoms with van der Waals surface area (Å²) in [4.78, 5) is 22.2. The summed E-state index contributed by atoms with van der Waals surface area (Å²) in [6, 6.07) is 9.26. The number of nitrogens with one attached hydrogen (secondary N) is 1. The number of aliphatic hydroxyl groups excluding tert-OH is 1. The minimum absolute atomic E-state index is 0.0765. The van der Waals surface area contributed by atoms with Crippen molar-refractivity contribution in [2.75, 3.05) is 13.7 Å². The van der Waals surface area contributed by atoms with Crippen molar-refractivity contribution in [1.29, 1.82) is 0 Å². The standard InChI is InChI=1S/C13H17NO5/c1-18-12(16)11(15)7-8-14-13(17)19-9-10-5-3-2-4-6-10/h2-6,11,15H,7-9H2,1H3,(H,14,17)/t11-/m1/s1. The van der Waals surface area contributed by atoms with Crippen LogP contribution in [-0.2, 0) is 20.9 Å². The van der Waals surface area contributed by atoms with Crippen LogP contribution < -0.4 is 5.32 Å². The van der Waals surface area contributed by atoms with E-state index in [2.05, 4.69) is 10.1 Å². The van der Waals surface area contributed by atoms with Crippen molar-refractivity contribution in [3.05, 3.63) is 35.9 Å². The van der Waals surface area contributed by atoms with Crippen LogP contribution in [0.5, 0.6) is 0 Å². The Kier molecular flexibility index (Phi) is 6.38. The van der Waals surface area contributed by atoms with Gasteiger partial charge in [-0.1, -0.05) is 30.3 Å². The molecule has 1 rings (SSSR count). The Labute approximate surface area is 111 Å². The molecule has 0 aliphatic heterocycles. The predicted octanol–water partition coefficient (Wildman–Crippen LogP) is 0.837. The Hall–Kier alpha value is -2.08. The van der Waals surface area contributed by atoms with Gasteiger partial charge in [-0.25, -0.2) is 9.59 Å². The summed E-state index contributed by atoms with van der Waals surface area (Å²) in [5.74, 6) is -0.723. The minimum Gasteiger partial charge on any atom is -0.467 e. The molecule has 0 spiro atoms. The summed E-state index contributed by atoms with van der Waals surface area (Å²) in [7, 11) is 1.19. The molecule has 19 heavy (non-hydrogen) atoms. The number of alkyl carbamates (subject to hydrolysis) is 1. The first kappa shape index (κ1) is 15.0. The molecule has 0 aromatic heterocycles. The summed E-state index contributed by atoms with van der Waals surface area (Å²) in [6.07, 6.45) is -1.76. The zero-order valence-corrected chi connectivity index (χ0v) is 10.7. The Balaban J connectivity index is 2.16. The molecule has 6 nitrogen and oxygen atoms in total. The number of rotatable bonds is 6. The second kappa shape index (κ2) is 8.10. The van der Waals surface area contributed by atoms with Crippen molar-refractivity contribution in [1.82, 2.24) is 5.32 Å². The number of hydrogen-bond donors (Lipinski definition) is 2. The molecule has 104 valence electrons. The lowest BCUT2D eigenvalue weighted by molar-refractivity contribution is -0.150. The average molecular weight is 267 g/mol. The number of carbonyl (C=O) groups is 2. The maximum atomic E-state index is 11.3. The van der Waals surface area contributed by atoms with Gasteiger partial charge in [0.2, 0.25) is 0 Å². The van der Waals surface area contributed by atoms with Gasteiger partial charge in [0, 0.05) is 13.0 Å². The van der Waals surface area contributed by atoms with Gasteiger partial charge in [0.15, 0.2) is 6.10 Å². The Morgan fingerprint density at radius 2 is 2.00 bits per heavy atom. The van der Waals surface area contributed by atoms with Gasteiger partial charge >= 0.3 is 12.1 Å². The highest BCUT2D eigenvalue weighted by Crippen LogP contribution is 2.00. The first-order valence-electron chi connectivity index (χ1n) is 5.84. The van der Waals surface area contributed by atoms with E-state index in [-0.39, 0.29) is 19.6 Å². The van der Waals surface area contributed by atoms with Crippen molar-refractivity contribution in [3.8, 4) is 0 Å². The zero-order chi connectivity index (χ0) is 14.1. The molecule has 0 saturated heterocycles. The van der Waals surface area contributed by atoms with E-state index >= 15 is 0 Å². The fourth-order valence-electron chi connectivity index (χ4n) is 1.34. The molecule has 0 heterocycles. The van der Waals surface area contributed by atoms with Crippen LogP contribution in [-0.4, -0.2) is 36.9 Å². The SMILES string of the molecule is COC(=O)[C@H](O)CCNC(=O)OCc1ccccc1. The summed E-state index contributed by atoms with van der Waals surface area (Å²) in [6.45, 7) is 0.302. The van der Waals surface area contributed by atoms with Crippen LogP contribution in [0.2, 0.25) is 0 Å². The van der Waals surface area contributed by atoms with E-state index in [9.17, 15) is 14.7 Å². The largest absolute Gasteiger partial charge is 0.467 e. The summed E-state index contributed by atoms with van der Waals surface area (Å²) < 4.78 is 9.29. The van der Waals surface area contributed by atoms with E-state index in [0.717, 1.165) is 5.56 Å². The van der Waals surface area contributed by atoms with Crippen LogP contribution in [0.25, 0.3) is 0 Å². The van der Waals surface area contributed by atoms with Crippen LogP contribution in [0.3, 0.4) is 0 Å². The van der Waals surface area contributed by atoms with E-state index in [1.165, 1.54) is 7.11 Å². The second-order valence-electron chi connectivity index (χ2n) is 3.82. The van der Waals surface area contributed by atoms with Crippen LogP contribution in [0, 0.1) is 0 Å². The smallest absolute Gasteiger partial charge is 0.407 e. The molecule has 0 aliphatic carbocycles. The first-order valence-corrected chi connectivity index (χ1v) is 5.84. The topological polar surface area (TPSA) is 84.9 Å². The van der Waals surface area contributed by atoms with Crippen molar-refractivity contribution in [2.45, 2.75) is 19.1 Å². The molecule has 1 atom stereocenters. The molecule has 0 aliphatic rings. The highest BCUT2D eigenvalue weighted by molar-refractivity contribution is 5.74. The quantitative estimate of drug-likeness (QED) is 0.746. The third-order valence-electron chi connectivity index (χ3n) is 2.37. The molecule has 0 saturated carbocycles. The van der Waals surface area contributed by atoms with E-state index in [1.54, 1.807) is 0 Å². The Morgan fingerprint density at radius 3 is 2.63 bits per heavy atom. The molecule has 1 aromatic rings. The number of hydrogen-bond acceptors (Lipinski definition) is 5. The van der Waals surface area contributed by atoms with Gasteiger partial charge in [-0.05, 0) is 5.56 Å². The zero-order valence-electron chi connectivity index (χ0n) is 10.7. The van der Waals surface area contributed by atoms with Gasteiger partial charge in [-0.3, -0.25) is 0 Å². The molecular formula is C13H17NO5. The Bertz CT molecular complexity index is 407. The van der Waals surface area contributed by atoms with Crippen molar-refractivity contribution >= 4 is 12.1 Å². The van der Waals surface area contributed by atoms with Crippen molar-refractivity contribution < 1.29 is 24.2 Å². The number of esters is 1. The lowest BCUT2D eigenvalue weighted by Crippen LogP contribution is -2.31. The van der Waals surface area contributed by atoms with E-state index in [0.29, 0.717) is 0 Å². The molecule has 0 unspecified atom stereocenters. The van der Waals surface area contributed by atoms with Crippen LogP contribution in [0.1, 0.15) is 12.0 Å². The molecule has 0 fully saturated rings. The van der Waals surface area contributed by atoms with Crippen LogP contribution in [0.4, 0.5) is 4.79 Å². The highest BCUT2D eigenvalue weighted by Gasteiger charge is 2.15. The predicted molar refractivity (Wildman–Crippen MR) is 67.3 cm³/mol. The number of methoxy groups -OCH3 is 1. The molecule has 6 heteroatoms. The molecule has 0 radical (unpaired) electrons. The maximum absolute atomic E-state index is 11.3. The van der Waals surface area contributed by atoms with Gasteiger partial charge in [-0.2, -0.15) is 0 Å². The average Bonchev–Trinajstić information content (AvgIpc) is 2.45. The first-order chi connectivity index (χ1) is 9.13. The molecule has 1 amide bonds. The van der Waals surface area contributed by atoms with Gasteiger partial charge in [0.25, 0.3) is 0 Å². The third-order valence-corrected chi connectivity index (χ3v) is 2.37. The van der Waals surface area contributed by atoms with E-state index in [1.807, 2.05) is 30.3 Å². The van der Waals surface area contributed by atoms with Crippen molar-refractivity contribution in [2.24, 2.45) is 0 Å². The molecule has 1 aromatic carbocycles.